The van der Waals surface area contributed by atoms with Gasteiger partial charge in [0.25, 0.3) is 0 Å². The lowest BCUT2D eigenvalue weighted by Gasteiger charge is -2.10. The summed E-state index contributed by atoms with van der Waals surface area (Å²) in [5.41, 5.74) is 3.30. The molecule has 0 amide bonds. The summed E-state index contributed by atoms with van der Waals surface area (Å²) in [4.78, 5) is 15.7. The van der Waals surface area contributed by atoms with Gasteiger partial charge in [0.1, 0.15) is 5.82 Å². The van der Waals surface area contributed by atoms with Gasteiger partial charge in [0, 0.05) is 24.5 Å². The van der Waals surface area contributed by atoms with Crippen molar-refractivity contribution in [2.45, 2.75) is 13.5 Å². The molecule has 3 rings (SSSR count). The number of imidazole rings is 1. The van der Waals surface area contributed by atoms with Gasteiger partial charge in [0.15, 0.2) is 0 Å². The molecule has 1 aromatic heterocycles. The van der Waals surface area contributed by atoms with Crippen molar-refractivity contribution in [2.75, 3.05) is 0 Å². The minimum absolute atomic E-state index is 0.325. The van der Waals surface area contributed by atoms with Crippen molar-refractivity contribution in [1.29, 1.82) is 0 Å². The van der Waals surface area contributed by atoms with Crippen LogP contribution in [0.5, 0.6) is 0 Å². The van der Waals surface area contributed by atoms with E-state index in [9.17, 15) is 9.90 Å². The van der Waals surface area contributed by atoms with E-state index in [0.717, 1.165) is 17.0 Å². The van der Waals surface area contributed by atoms with Gasteiger partial charge in [-0.1, -0.05) is 48.0 Å². The van der Waals surface area contributed by atoms with E-state index in [4.69, 9.17) is 0 Å². The first kappa shape index (κ1) is 14.1. The van der Waals surface area contributed by atoms with Crippen LogP contribution >= 0.6 is 0 Å². The van der Waals surface area contributed by atoms with Crippen LogP contribution in [0.4, 0.5) is 0 Å². The fourth-order valence-electron chi connectivity index (χ4n) is 2.45. The number of aromatic nitrogens is 2. The molecule has 2 aromatic carbocycles. The van der Waals surface area contributed by atoms with E-state index in [-0.39, 0.29) is 0 Å². The van der Waals surface area contributed by atoms with E-state index in [1.807, 2.05) is 54.1 Å². The average Bonchev–Trinajstić information content (AvgIpc) is 2.96. The lowest BCUT2D eigenvalue weighted by atomic mass is 10.1. The quantitative estimate of drug-likeness (QED) is 0.799. The van der Waals surface area contributed by atoms with Crippen molar-refractivity contribution in [3.05, 3.63) is 77.6 Å². The van der Waals surface area contributed by atoms with Crippen molar-refractivity contribution in [1.82, 2.24) is 9.55 Å². The Morgan fingerprint density at radius 3 is 2.59 bits per heavy atom. The van der Waals surface area contributed by atoms with Gasteiger partial charge in [0.2, 0.25) is 0 Å². The van der Waals surface area contributed by atoms with Crippen LogP contribution in [-0.4, -0.2) is 20.6 Å². The molecule has 0 saturated carbocycles. The molecular weight excluding hydrogens is 276 g/mol. The van der Waals surface area contributed by atoms with Crippen LogP contribution < -0.4 is 0 Å². The first-order chi connectivity index (χ1) is 10.6. The largest absolute Gasteiger partial charge is 0.478 e. The maximum atomic E-state index is 11.3. The predicted octanol–water partition coefficient (Wildman–Crippen LogP) is 3.61. The Labute approximate surface area is 128 Å². The number of carboxylic acid groups (broad SMARTS) is 1. The molecule has 0 aliphatic carbocycles. The number of carboxylic acids is 1. The maximum Gasteiger partial charge on any atom is 0.336 e. The Bertz CT molecular complexity index is 804. The monoisotopic (exact) mass is 292 g/mol. The third-order valence-electron chi connectivity index (χ3n) is 3.61. The number of aryl methyl sites for hydroxylation is 1. The summed E-state index contributed by atoms with van der Waals surface area (Å²) in [7, 11) is 0. The molecule has 3 aromatic rings. The summed E-state index contributed by atoms with van der Waals surface area (Å²) >= 11 is 0. The topological polar surface area (TPSA) is 55.1 Å². The first-order valence-corrected chi connectivity index (χ1v) is 7.04. The fourth-order valence-corrected chi connectivity index (χ4v) is 2.45. The van der Waals surface area contributed by atoms with Gasteiger partial charge in [-0.2, -0.15) is 0 Å². The van der Waals surface area contributed by atoms with Crippen LogP contribution in [0.3, 0.4) is 0 Å². The highest BCUT2D eigenvalue weighted by atomic mass is 16.4. The number of benzene rings is 2. The Hall–Kier alpha value is -2.88. The van der Waals surface area contributed by atoms with Crippen LogP contribution in [0.2, 0.25) is 0 Å². The lowest BCUT2D eigenvalue weighted by Crippen LogP contribution is -2.07. The highest BCUT2D eigenvalue weighted by molar-refractivity contribution is 5.89. The molecule has 0 aliphatic heterocycles. The molecule has 1 N–H and O–H groups in total. The summed E-state index contributed by atoms with van der Waals surface area (Å²) in [6.07, 6.45) is 3.60. The third-order valence-corrected chi connectivity index (χ3v) is 3.61. The molecule has 110 valence electrons. The lowest BCUT2D eigenvalue weighted by molar-refractivity contribution is 0.0695. The maximum absolute atomic E-state index is 11.3. The number of carbonyl (C=O) groups is 1. The molecule has 0 saturated heterocycles. The predicted molar refractivity (Wildman–Crippen MR) is 84.9 cm³/mol. The van der Waals surface area contributed by atoms with Crippen molar-refractivity contribution < 1.29 is 9.90 Å². The Morgan fingerprint density at radius 2 is 1.86 bits per heavy atom. The van der Waals surface area contributed by atoms with Crippen LogP contribution in [0.1, 0.15) is 21.5 Å². The van der Waals surface area contributed by atoms with E-state index < -0.39 is 5.97 Å². The minimum Gasteiger partial charge on any atom is -0.478 e. The zero-order valence-electron chi connectivity index (χ0n) is 12.2. The van der Waals surface area contributed by atoms with Gasteiger partial charge in [-0.3, -0.25) is 0 Å². The third kappa shape index (κ3) is 2.76. The molecule has 0 atom stereocenters. The van der Waals surface area contributed by atoms with E-state index in [1.54, 1.807) is 18.3 Å². The van der Waals surface area contributed by atoms with Crippen molar-refractivity contribution in [3.63, 3.8) is 0 Å². The summed E-state index contributed by atoms with van der Waals surface area (Å²) in [5, 5.41) is 9.29. The van der Waals surface area contributed by atoms with Crippen LogP contribution in [0.25, 0.3) is 11.4 Å². The summed E-state index contributed by atoms with van der Waals surface area (Å²) in [5.74, 6) is -0.0761. The van der Waals surface area contributed by atoms with Crippen LogP contribution in [-0.2, 0) is 6.54 Å². The van der Waals surface area contributed by atoms with Gasteiger partial charge in [0.05, 0.1) is 5.56 Å². The number of aromatic carboxylic acids is 1. The highest BCUT2D eigenvalue weighted by Gasteiger charge is 2.12. The summed E-state index contributed by atoms with van der Waals surface area (Å²) in [6, 6.07) is 15.2. The standard InChI is InChI=1S/C18H16N2O2/c1-13-6-8-14(9-7-13)17-19-10-11-20(17)12-15-4-2-3-5-16(15)18(21)22/h2-11H,12H2,1H3,(H,21,22). The van der Waals surface area contributed by atoms with Crippen molar-refractivity contribution in [3.8, 4) is 11.4 Å². The van der Waals surface area contributed by atoms with Gasteiger partial charge >= 0.3 is 5.97 Å². The van der Waals surface area contributed by atoms with E-state index in [0.29, 0.717) is 12.1 Å². The van der Waals surface area contributed by atoms with Crippen LogP contribution in [0, 0.1) is 6.92 Å². The summed E-state index contributed by atoms with van der Waals surface area (Å²) < 4.78 is 1.96. The Balaban J connectivity index is 1.97. The van der Waals surface area contributed by atoms with E-state index in [1.165, 1.54) is 5.56 Å². The molecule has 0 bridgehead atoms. The average molecular weight is 292 g/mol. The fraction of sp³-hybridized carbons (Fsp3) is 0.111. The normalized spacial score (nSPS) is 10.6. The van der Waals surface area contributed by atoms with Gasteiger partial charge in [-0.25, -0.2) is 9.78 Å². The number of rotatable bonds is 4. The molecule has 1 heterocycles. The Morgan fingerprint density at radius 1 is 1.14 bits per heavy atom. The molecule has 4 heteroatoms. The smallest absolute Gasteiger partial charge is 0.336 e. The van der Waals surface area contributed by atoms with Crippen molar-refractivity contribution >= 4 is 5.97 Å². The molecule has 0 spiro atoms. The van der Waals surface area contributed by atoms with Gasteiger partial charge < -0.3 is 9.67 Å². The number of hydrogen-bond acceptors (Lipinski definition) is 2. The van der Waals surface area contributed by atoms with E-state index >= 15 is 0 Å². The highest BCUT2D eigenvalue weighted by Crippen LogP contribution is 2.20. The molecule has 4 nitrogen and oxygen atoms in total. The SMILES string of the molecule is Cc1ccc(-c2nccn2Cc2ccccc2C(=O)O)cc1. The number of nitrogens with zero attached hydrogens (tertiary/aromatic N) is 2. The molecular formula is C18H16N2O2. The second-order valence-corrected chi connectivity index (χ2v) is 5.21. The molecule has 0 radical (unpaired) electrons. The zero-order chi connectivity index (χ0) is 15.5. The number of hydrogen-bond donors (Lipinski definition) is 1. The van der Waals surface area contributed by atoms with Gasteiger partial charge in [-0.05, 0) is 18.6 Å². The van der Waals surface area contributed by atoms with Crippen LogP contribution in [0.15, 0.2) is 60.9 Å². The van der Waals surface area contributed by atoms with E-state index in [2.05, 4.69) is 4.98 Å². The first-order valence-electron chi connectivity index (χ1n) is 7.04. The zero-order valence-corrected chi connectivity index (χ0v) is 12.2. The second kappa shape index (κ2) is 5.85. The van der Waals surface area contributed by atoms with Gasteiger partial charge in [-0.15, -0.1) is 0 Å². The van der Waals surface area contributed by atoms with Crippen molar-refractivity contribution in [2.24, 2.45) is 0 Å². The summed E-state index contributed by atoms with van der Waals surface area (Å²) in [6.45, 7) is 2.52. The molecule has 0 unspecified atom stereocenters. The second-order valence-electron chi connectivity index (χ2n) is 5.21. The molecule has 0 aliphatic rings. The minimum atomic E-state index is -0.910. The molecule has 0 fully saturated rings. The Kier molecular flexibility index (Phi) is 3.74. The molecule has 22 heavy (non-hydrogen) atoms.